The summed E-state index contributed by atoms with van der Waals surface area (Å²) < 4.78 is 0. The van der Waals surface area contributed by atoms with E-state index in [2.05, 4.69) is 26.8 Å². The molecule has 0 aliphatic heterocycles. The minimum absolute atomic E-state index is 0.100. The first kappa shape index (κ1) is 22.5. The van der Waals surface area contributed by atoms with Crippen LogP contribution in [0.5, 0.6) is 0 Å². The van der Waals surface area contributed by atoms with Gasteiger partial charge in [-0.15, -0.1) is 0 Å². The smallest absolute Gasteiger partial charge is 0.0577 e. The molecule has 5 rings (SSSR count). The van der Waals surface area contributed by atoms with E-state index in [4.69, 9.17) is 0 Å². The molecule has 0 spiro atoms. The number of fused-ring (bicyclic) bond motifs is 5. The van der Waals surface area contributed by atoms with E-state index in [1.165, 1.54) is 70.6 Å². The normalized spacial score (nSPS) is 47.6. The van der Waals surface area contributed by atoms with Crippen molar-refractivity contribution in [2.24, 2.45) is 46.3 Å². The lowest BCUT2D eigenvalue weighted by molar-refractivity contribution is -0.0694. The van der Waals surface area contributed by atoms with Crippen LogP contribution >= 0.6 is 0 Å². The third kappa shape index (κ3) is 3.76. The summed E-state index contributed by atoms with van der Waals surface area (Å²) >= 11 is 0. The maximum absolute atomic E-state index is 11.3. The highest BCUT2D eigenvalue weighted by Crippen LogP contribution is 2.67. The van der Waals surface area contributed by atoms with E-state index >= 15 is 0 Å². The predicted molar refractivity (Wildman–Crippen MR) is 128 cm³/mol. The third-order valence-electron chi connectivity index (χ3n) is 11.7. The molecule has 0 radical (unpaired) electrons. The zero-order valence-electron chi connectivity index (χ0n) is 20.5. The lowest BCUT2D eigenvalue weighted by Crippen LogP contribution is -2.51. The van der Waals surface area contributed by atoms with Crippen molar-refractivity contribution in [1.29, 1.82) is 0 Å². The molecule has 0 saturated heterocycles. The van der Waals surface area contributed by atoms with Crippen LogP contribution in [0.15, 0.2) is 11.6 Å². The average molecular weight is 429 g/mol. The van der Waals surface area contributed by atoms with Crippen LogP contribution in [0.4, 0.5) is 0 Å². The Balaban J connectivity index is 1.30. The minimum atomic E-state index is -0.105. The lowest BCUT2D eigenvalue weighted by atomic mass is 9.47. The van der Waals surface area contributed by atoms with E-state index < -0.39 is 0 Å². The number of aliphatic hydroxyl groups excluding tert-OH is 2. The van der Waals surface area contributed by atoms with Crippen molar-refractivity contribution in [2.75, 3.05) is 0 Å². The molecule has 4 fully saturated rings. The van der Waals surface area contributed by atoms with E-state index in [-0.39, 0.29) is 12.2 Å². The minimum Gasteiger partial charge on any atom is -0.393 e. The largest absolute Gasteiger partial charge is 0.393 e. The SMILES string of the molecule is C[C@H](C(O)CC1CCCCC1)C1CCC2C3CC=C4CC(O)CCC4(C)C3CC[C@@]21C. The quantitative estimate of drug-likeness (QED) is 0.478. The molecule has 9 atom stereocenters. The van der Waals surface area contributed by atoms with Crippen molar-refractivity contribution < 1.29 is 10.2 Å². The van der Waals surface area contributed by atoms with Crippen LogP contribution in [0.25, 0.3) is 0 Å². The fraction of sp³-hybridized carbons (Fsp3) is 0.931. The topological polar surface area (TPSA) is 40.5 Å². The Labute approximate surface area is 191 Å². The fourth-order valence-electron chi connectivity index (χ4n) is 9.79. The predicted octanol–water partition coefficient (Wildman–Crippen LogP) is 6.89. The molecule has 31 heavy (non-hydrogen) atoms. The first-order chi connectivity index (χ1) is 14.8. The van der Waals surface area contributed by atoms with Crippen LogP contribution < -0.4 is 0 Å². The van der Waals surface area contributed by atoms with Gasteiger partial charge in [0.05, 0.1) is 12.2 Å². The second-order valence-corrected chi connectivity index (χ2v) is 13.1. The number of hydrogen-bond donors (Lipinski definition) is 2. The van der Waals surface area contributed by atoms with Crippen LogP contribution in [-0.2, 0) is 0 Å². The van der Waals surface area contributed by atoms with Crippen molar-refractivity contribution in [2.45, 2.75) is 123 Å². The summed E-state index contributed by atoms with van der Waals surface area (Å²) in [5.74, 6) is 4.40. The van der Waals surface area contributed by atoms with Gasteiger partial charge in [0.25, 0.3) is 0 Å². The second-order valence-electron chi connectivity index (χ2n) is 13.1. The van der Waals surface area contributed by atoms with E-state index in [1.807, 2.05) is 0 Å². The van der Waals surface area contributed by atoms with Crippen LogP contribution in [0, 0.1) is 46.3 Å². The van der Waals surface area contributed by atoms with E-state index in [0.717, 1.165) is 42.9 Å². The zero-order valence-corrected chi connectivity index (χ0v) is 20.5. The molecule has 0 amide bonds. The van der Waals surface area contributed by atoms with Crippen molar-refractivity contribution >= 4 is 0 Å². The van der Waals surface area contributed by atoms with Crippen LogP contribution in [0.1, 0.15) is 111 Å². The highest BCUT2D eigenvalue weighted by atomic mass is 16.3. The summed E-state index contributed by atoms with van der Waals surface area (Å²) in [6.45, 7) is 7.54. The molecule has 0 aromatic carbocycles. The molecule has 2 heteroatoms. The number of rotatable bonds is 4. The Morgan fingerprint density at radius 2 is 1.74 bits per heavy atom. The first-order valence-electron chi connectivity index (χ1n) is 13.9. The average Bonchev–Trinajstić information content (AvgIpc) is 3.11. The Morgan fingerprint density at radius 3 is 2.52 bits per heavy atom. The highest BCUT2D eigenvalue weighted by Gasteiger charge is 2.59. The van der Waals surface area contributed by atoms with Crippen molar-refractivity contribution in [3.05, 3.63) is 11.6 Å². The molecule has 2 nitrogen and oxygen atoms in total. The molecule has 0 aromatic heterocycles. The van der Waals surface area contributed by atoms with E-state index in [1.54, 1.807) is 5.57 Å². The van der Waals surface area contributed by atoms with Gasteiger partial charge in [-0.3, -0.25) is 0 Å². The Kier molecular flexibility index (Phi) is 6.13. The van der Waals surface area contributed by atoms with Gasteiger partial charge in [0.2, 0.25) is 0 Å². The Hall–Kier alpha value is -0.340. The first-order valence-corrected chi connectivity index (χ1v) is 13.9. The van der Waals surface area contributed by atoms with Gasteiger partial charge in [0, 0.05) is 0 Å². The summed E-state index contributed by atoms with van der Waals surface area (Å²) in [6.07, 6.45) is 20.0. The standard InChI is InChI=1S/C29H48O2/c1-19(27(31)17-20-7-5-4-6-8-20)24-11-12-25-23-10-9-21-18-22(30)13-15-28(21,2)26(23)14-16-29(24,25)3/h9,19-20,22-27,30-31H,4-8,10-18H2,1-3H3/t19-,22?,23?,24?,25?,26?,27?,28?,29+/m0/s1. The summed E-state index contributed by atoms with van der Waals surface area (Å²) in [4.78, 5) is 0. The monoisotopic (exact) mass is 428 g/mol. The summed E-state index contributed by atoms with van der Waals surface area (Å²) in [7, 11) is 0. The summed E-state index contributed by atoms with van der Waals surface area (Å²) in [6, 6.07) is 0. The summed E-state index contributed by atoms with van der Waals surface area (Å²) in [5.41, 5.74) is 2.35. The molecule has 2 N–H and O–H groups in total. The van der Waals surface area contributed by atoms with Crippen molar-refractivity contribution in [3.8, 4) is 0 Å². The third-order valence-corrected chi connectivity index (χ3v) is 11.7. The number of hydrogen-bond acceptors (Lipinski definition) is 2. The van der Waals surface area contributed by atoms with Gasteiger partial charge in [-0.25, -0.2) is 0 Å². The molecule has 176 valence electrons. The fourth-order valence-corrected chi connectivity index (χ4v) is 9.79. The molecular weight excluding hydrogens is 380 g/mol. The van der Waals surface area contributed by atoms with Gasteiger partial charge in [0.1, 0.15) is 0 Å². The van der Waals surface area contributed by atoms with Gasteiger partial charge in [-0.05, 0) is 104 Å². The van der Waals surface area contributed by atoms with Crippen LogP contribution in [0.3, 0.4) is 0 Å². The van der Waals surface area contributed by atoms with Gasteiger partial charge in [-0.2, -0.15) is 0 Å². The Bertz CT molecular complexity index is 678. The maximum atomic E-state index is 11.3. The van der Waals surface area contributed by atoms with Crippen molar-refractivity contribution in [3.63, 3.8) is 0 Å². The van der Waals surface area contributed by atoms with E-state index in [0.29, 0.717) is 22.7 Å². The van der Waals surface area contributed by atoms with Gasteiger partial charge < -0.3 is 10.2 Å². The van der Waals surface area contributed by atoms with Gasteiger partial charge in [-0.1, -0.05) is 64.5 Å². The maximum Gasteiger partial charge on any atom is 0.0577 e. The van der Waals surface area contributed by atoms with Crippen LogP contribution in [0.2, 0.25) is 0 Å². The van der Waals surface area contributed by atoms with Crippen molar-refractivity contribution in [1.82, 2.24) is 0 Å². The molecule has 5 aliphatic rings. The van der Waals surface area contributed by atoms with Crippen LogP contribution in [-0.4, -0.2) is 22.4 Å². The number of aliphatic hydroxyl groups is 2. The molecule has 0 bridgehead atoms. The molecular formula is C29H48O2. The molecule has 0 aromatic rings. The number of allylic oxidation sites excluding steroid dienone is 1. The Morgan fingerprint density at radius 1 is 0.968 bits per heavy atom. The molecule has 4 saturated carbocycles. The second kappa shape index (κ2) is 8.46. The molecule has 7 unspecified atom stereocenters. The lowest BCUT2D eigenvalue weighted by Gasteiger charge is -2.58. The zero-order chi connectivity index (χ0) is 21.8. The molecule has 0 heterocycles. The van der Waals surface area contributed by atoms with Gasteiger partial charge >= 0.3 is 0 Å². The molecule has 5 aliphatic carbocycles. The summed E-state index contributed by atoms with van der Waals surface area (Å²) in [5, 5.41) is 21.5. The highest BCUT2D eigenvalue weighted by molar-refractivity contribution is 5.25. The van der Waals surface area contributed by atoms with Gasteiger partial charge in [0.15, 0.2) is 0 Å². The van der Waals surface area contributed by atoms with E-state index in [9.17, 15) is 10.2 Å².